The molecular formula is C5H6N2S4. The van der Waals surface area contributed by atoms with E-state index in [-0.39, 0.29) is 0 Å². The Labute approximate surface area is 82.7 Å². The van der Waals surface area contributed by atoms with Crippen LogP contribution in [-0.2, 0) is 0 Å². The second-order valence-corrected chi connectivity index (χ2v) is 5.80. The minimum Gasteiger partial charge on any atom is -0.131 e. The van der Waals surface area contributed by atoms with Crippen LogP contribution in [0.3, 0.4) is 0 Å². The first-order valence-electron chi connectivity index (χ1n) is 2.76. The molecule has 0 N–H and O–H groups in total. The molecule has 0 unspecified atom stereocenters. The molecule has 0 amide bonds. The minimum atomic E-state index is 0.715. The lowest BCUT2D eigenvalue weighted by Gasteiger charge is -1.88. The number of aromatic nitrogens is 2. The highest BCUT2D eigenvalue weighted by molar-refractivity contribution is 8.77. The van der Waals surface area contributed by atoms with Crippen LogP contribution in [0, 0.1) is 0 Å². The molecule has 0 aliphatic heterocycles. The van der Waals surface area contributed by atoms with Crippen LogP contribution in [0.15, 0.2) is 21.3 Å². The van der Waals surface area contributed by atoms with Crippen molar-refractivity contribution in [1.29, 1.82) is 0 Å². The van der Waals surface area contributed by atoms with E-state index in [4.69, 9.17) is 0 Å². The lowest BCUT2D eigenvalue weighted by Crippen LogP contribution is -1.67. The monoisotopic (exact) mass is 222 g/mol. The molecule has 0 saturated carbocycles. The summed E-state index contributed by atoms with van der Waals surface area (Å²) < 4.78 is 1.66. The Morgan fingerprint density at radius 1 is 1.64 bits per heavy atom. The first-order valence-corrected chi connectivity index (χ1v) is 6.34. The fourth-order valence-electron chi connectivity index (χ4n) is 0.369. The van der Waals surface area contributed by atoms with Gasteiger partial charge in [0, 0.05) is 5.75 Å². The zero-order chi connectivity index (χ0) is 8.10. The van der Waals surface area contributed by atoms with Crippen LogP contribution in [0.4, 0.5) is 0 Å². The molecule has 0 saturated heterocycles. The third kappa shape index (κ3) is 3.50. The maximum atomic E-state index is 4.05. The third-order valence-electron chi connectivity index (χ3n) is 0.712. The lowest BCUT2D eigenvalue weighted by atomic mass is 10.8. The summed E-state index contributed by atoms with van der Waals surface area (Å²) >= 11 is 5.54. The molecule has 0 bridgehead atoms. The summed E-state index contributed by atoms with van der Waals surface area (Å²) in [5.41, 5.74) is 0. The van der Waals surface area contributed by atoms with Crippen molar-refractivity contribution in [2.75, 3.05) is 5.75 Å². The van der Waals surface area contributed by atoms with E-state index in [0.29, 0.717) is 4.34 Å². The molecule has 0 radical (unpaired) electrons. The van der Waals surface area contributed by atoms with Gasteiger partial charge in [-0.05, 0) is 10.8 Å². The summed E-state index contributed by atoms with van der Waals surface area (Å²) in [6, 6.07) is 0. The molecule has 1 aromatic heterocycles. The number of thiol groups is 1. The predicted octanol–water partition coefficient (Wildman–Crippen LogP) is 2.75. The van der Waals surface area contributed by atoms with Crippen molar-refractivity contribution >= 4 is 45.6 Å². The maximum absolute atomic E-state index is 4.05. The molecule has 0 atom stereocenters. The van der Waals surface area contributed by atoms with E-state index in [9.17, 15) is 0 Å². The quantitative estimate of drug-likeness (QED) is 0.367. The van der Waals surface area contributed by atoms with Crippen LogP contribution in [0.2, 0.25) is 0 Å². The van der Waals surface area contributed by atoms with Crippen LogP contribution >= 0.6 is 45.6 Å². The number of hydrogen-bond acceptors (Lipinski definition) is 6. The standard InChI is InChI=1S/C5H6N2S4/c1-2-3-9-11-5-7-6-4(8)10-5/h2H,1,3H2,(H,6,8). The van der Waals surface area contributed by atoms with Gasteiger partial charge in [-0.25, -0.2) is 0 Å². The van der Waals surface area contributed by atoms with E-state index < -0.39 is 0 Å². The Balaban J connectivity index is 2.32. The minimum absolute atomic E-state index is 0.715. The van der Waals surface area contributed by atoms with E-state index in [1.165, 1.54) is 11.3 Å². The number of nitrogens with zero attached hydrogens (tertiary/aromatic N) is 2. The molecule has 0 aliphatic carbocycles. The molecule has 0 spiro atoms. The van der Waals surface area contributed by atoms with Gasteiger partial charge in [-0.3, -0.25) is 0 Å². The van der Waals surface area contributed by atoms with Gasteiger partial charge in [0.25, 0.3) is 0 Å². The second kappa shape index (κ2) is 5.08. The van der Waals surface area contributed by atoms with E-state index >= 15 is 0 Å². The summed E-state index contributed by atoms with van der Waals surface area (Å²) in [4.78, 5) is 0. The topological polar surface area (TPSA) is 25.8 Å². The summed E-state index contributed by atoms with van der Waals surface area (Å²) in [6.07, 6.45) is 1.86. The molecule has 2 nitrogen and oxygen atoms in total. The lowest BCUT2D eigenvalue weighted by molar-refractivity contribution is 0.959. The van der Waals surface area contributed by atoms with E-state index in [1.807, 2.05) is 6.08 Å². The molecule has 1 rings (SSSR count). The number of hydrogen-bond donors (Lipinski definition) is 1. The van der Waals surface area contributed by atoms with Crippen molar-refractivity contribution in [3.05, 3.63) is 12.7 Å². The molecule has 0 aromatic carbocycles. The summed E-state index contributed by atoms with van der Waals surface area (Å²) in [5.74, 6) is 0.923. The van der Waals surface area contributed by atoms with Crippen LogP contribution < -0.4 is 0 Å². The highest BCUT2D eigenvalue weighted by Crippen LogP contribution is 2.33. The highest BCUT2D eigenvalue weighted by Gasteiger charge is 1.99. The Bertz CT molecular complexity index is 234. The Kier molecular flexibility index (Phi) is 4.36. The largest absolute Gasteiger partial charge is 0.185 e. The number of rotatable bonds is 4. The molecule has 1 heterocycles. The molecule has 1 aromatic rings. The molecule has 0 aliphatic rings. The average Bonchev–Trinajstić information content (AvgIpc) is 2.37. The van der Waals surface area contributed by atoms with Gasteiger partial charge in [0.1, 0.15) is 0 Å². The van der Waals surface area contributed by atoms with Gasteiger partial charge in [0.05, 0.1) is 0 Å². The molecule has 6 heteroatoms. The maximum Gasteiger partial charge on any atom is 0.185 e. The average molecular weight is 222 g/mol. The molecule has 11 heavy (non-hydrogen) atoms. The molecule has 60 valence electrons. The summed E-state index contributed by atoms with van der Waals surface area (Å²) in [6.45, 7) is 3.62. The first kappa shape index (κ1) is 9.44. The van der Waals surface area contributed by atoms with Crippen LogP contribution in [0.5, 0.6) is 0 Å². The van der Waals surface area contributed by atoms with E-state index in [1.54, 1.807) is 21.6 Å². The fraction of sp³-hybridized carbons (Fsp3) is 0.200. The van der Waals surface area contributed by atoms with Gasteiger partial charge in [0.15, 0.2) is 8.68 Å². The van der Waals surface area contributed by atoms with Crippen molar-refractivity contribution in [3.63, 3.8) is 0 Å². The van der Waals surface area contributed by atoms with Crippen molar-refractivity contribution in [2.45, 2.75) is 8.68 Å². The summed E-state index contributed by atoms with van der Waals surface area (Å²) in [7, 11) is 3.30. The van der Waals surface area contributed by atoms with Crippen molar-refractivity contribution in [3.8, 4) is 0 Å². The Morgan fingerprint density at radius 2 is 2.45 bits per heavy atom. The second-order valence-electron chi connectivity index (χ2n) is 1.51. The van der Waals surface area contributed by atoms with Gasteiger partial charge in [-0.15, -0.1) is 29.4 Å². The van der Waals surface area contributed by atoms with Crippen LogP contribution in [-0.4, -0.2) is 16.0 Å². The van der Waals surface area contributed by atoms with Gasteiger partial charge >= 0.3 is 0 Å². The Morgan fingerprint density at radius 3 is 3.00 bits per heavy atom. The first-order chi connectivity index (χ1) is 5.33. The van der Waals surface area contributed by atoms with Crippen LogP contribution in [0.25, 0.3) is 0 Å². The third-order valence-corrected chi connectivity index (χ3v) is 4.36. The van der Waals surface area contributed by atoms with Crippen LogP contribution in [0.1, 0.15) is 0 Å². The van der Waals surface area contributed by atoms with E-state index in [0.717, 1.165) is 10.1 Å². The van der Waals surface area contributed by atoms with Gasteiger partial charge < -0.3 is 0 Å². The normalized spacial score (nSPS) is 9.91. The van der Waals surface area contributed by atoms with Gasteiger partial charge in [0.2, 0.25) is 0 Å². The highest BCUT2D eigenvalue weighted by atomic mass is 33.1. The van der Waals surface area contributed by atoms with Crippen molar-refractivity contribution in [2.24, 2.45) is 0 Å². The van der Waals surface area contributed by atoms with Gasteiger partial charge in [-0.1, -0.05) is 28.2 Å². The fourth-order valence-corrected chi connectivity index (χ4v) is 3.52. The van der Waals surface area contributed by atoms with E-state index in [2.05, 4.69) is 29.4 Å². The zero-order valence-corrected chi connectivity index (χ0v) is 8.90. The molecular weight excluding hydrogens is 216 g/mol. The Hall–Kier alpha value is 0.350. The molecule has 0 fully saturated rings. The van der Waals surface area contributed by atoms with Crippen molar-refractivity contribution < 1.29 is 0 Å². The predicted molar refractivity (Wildman–Crippen MR) is 55.7 cm³/mol. The SMILES string of the molecule is C=CCSSc1nnc(S)s1. The smallest absolute Gasteiger partial charge is 0.131 e. The van der Waals surface area contributed by atoms with Crippen molar-refractivity contribution in [1.82, 2.24) is 10.2 Å². The summed E-state index contributed by atoms with van der Waals surface area (Å²) in [5, 5.41) is 7.66. The zero-order valence-electron chi connectivity index (χ0n) is 5.56. The van der Waals surface area contributed by atoms with Gasteiger partial charge in [-0.2, -0.15) is 0 Å².